The maximum absolute atomic E-state index is 14.5. The maximum atomic E-state index is 14.5. The molecule has 1 amide bonds. The summed E-state index contributed by atoms with van der Waals surface area (Å²) < 4.78 is 68.8. The van der Waals surface area contributed by atoms with Gasteiger partial charge in [-0.05, 0) is 61.4 Å². The highest BCUT2D eigenvalue weighted by molar-refractivity contribution is 7.92. The normalized spacial score (nSPS) is 17.3. The predicted molar refractivity (Wildman–Crippen MR) is 147 cm³/mol. The largest absolute Gasteiger partial charge is 0.494 e. The number of nitrogens with zero attached hydrogens (tertiary/aromatic N) is 1. The average Bonchev–Trinajstić information content (AvgIpc) is 2.87. The van der Waals surface area contributed by atoms with Crippen molar-refractivity contribution >= 4 is 44.9 Å². The van der Waals surface area contributed by atoms with Crippen LogP contribution >= 0.6 is 11.6 Å². The van der Waals surface area contributed by atoms with E-state index in [-0.39, 0.29) is 45.1 Å². The third-order valence-electron chi connectivity index (χ3n) is 6.38. The van der Waals surface area contributed by atoms with Gasteiger partial charge in [-0.15, -0.1) is 0 Å². The third-order valence-corrected chi connectivity index (χ3v) is 8.59. The van der Waals surface area contributed by atoms with Gasteiger partial charge in [0.2, 0.25) is 5.91 Å². The first-order chi connectivity index (χ1) is 18.4. The number of allylic oxidation sites excluding steroid dienone is 1. The van der Waals surface area contributed by atoms with Gasteiger partial charge in [-0.1, -0.05) is 29.8 Å². The van der Waals surface area contributed by atoms with Crippen molar-refractivity contribution in [1.29, 1.82) is 0 Å². The molecule has 7 nitrogen and oxygen atoms in total. The zero-order valence-corrected chi connectivity index (χ0v) is 23.2. The summed E-state index contributed by atoms with van der Waals surface area (Å²) in [5.74, 6) is -1.44. The maximum Gasteiger partial charge on any atom is 0.264 e. The van der Waals surface area contributed by atoms with Crippen molar-refractivity contribution in [1.82, 2.24) is 5.32 Å². The molecule has 1 heterocycles. The summed E-state index contributed by atoms with van der Waals surface area (Å²) >= 11 is 6.22. The molecule has 0 saturated heterocycles. The fourth-order valence-electron chi connectivity index (χ4n) is 4.44. The molecular formula is C28H27ClF2N2O5S. The van der Waals surface area contributed by atoms with Gasteiger partial charge in [-0.2, -0.15) is 0 Å². The fraction of sp³-hybridized carbons (Fsp3) is 0.250. The number of nitrogens with one attached hydrogen (secondary N) is 1. The standard InChI is InChI=1S/C28H27ClF2N2O5S/c1-16(28-21(29)6-5-7-23(28)31)12-19-8-11-25-24(13-19)33(17(2)27(38-25)15-32-18(3)34)39(35,36)20-9-10-22(30)26(14-20)37-4/h5-14,17,27H,15H2,1-4H3,(H,32,34)/b16-12+/t17-,27+/m1/s1. The molecule has 4 rings (SSSR count). The van der Waals surface area contributed by atoms with E-state index in [0.717, 1.165) is 18.2 Å². The van der Waals surface area contributed by atoms with Crippen molar-refractivity contribution in [2.45, 2.75) is 37.8 Å². The first-order valence-electron chi connectivity index (χ1n) is 12.0. The highest BCUT2D eigenvalue weighted by Crippen LogP contribution is 2.41. The number of amides is 1. The van der Waals surface area contributed by atoms with Gasteiger partial charge >= 0.3 is 0 Å². The number of fused-ring (bicyclic) bond motifs is 1. The van der Waals surface area contributed by atoms with Crippen LogP contribution in [0.15, 0.2) is 59.5 Å². The van der Waals surface area contributed by atoms with Crippen LogP contribution in [0.5, 0.6) is 11.5 Å². The number of carbonyl (C=O) groups is 1. The molecule has 0 aliphatic carbocycles. The minimum atomic E-state index is -4.26. The molecule has 0 bridgehead atoms. The smallest absolute Gasteiger partial charge is 0.264 e. The third kappa shape index (κ3) is 5.72. The highest BCUT2D eigenvalue weighted by Gasteiger charge is 2.41. The summed E-state index contributed by atoms with van der Waals surface area (Å²) in [5.41, 5.74) is 1.56. The van der Waals surface area contributed by atoms with Crippen molar-refractivity contribution in [3.63, 3.8) is 0 Å². The molecule has 1 aliphatic heterocycles. The van der Waals surface area contributed by atoms with Crippen LogP contribution in [0.2, 0.25) is 5.02 Å². The van der Waals surface area contributed by atoms with Gasteiger partial charge in [-0.25, -0.2) is 17.2 Å². The molecule has 206 valence electrons. The Morgan fingerprint density at radius 3 is 2.54 bits per heavy atom. The number of hydrogen-bond donors (Lipinski definition) is 1. The first-order valence-corrected chi connectivity index (χ1v) is 13.8. The molecule has 1 N–H and O–H groups in total. The SMILES string of the molecule is COc1cc(S(=O)(=O)N2c3cc(/C=C(\C)c4c(F)cccc4Cl)ccc3O[C@@H](CNC(C)=O)[C@H]2C)ccc1F. The zero-order chi connectivity index (χ0) is 28.5. The van der Waals surface area contributed by atoms with Crippen LogP contribution in [-0.4, -0.2) is 40.1 Å². The van der Waals surface area contributed by atoms with Gasteiger partial charge < -0.3 is 14.8 Å². The number of hydrogen-bond acceptors (Lipinski definition) is 5. The second-order valence-corrected chi connectivity index (χ2v) is 11.3. The fourth-order valence-corrected chi connectivity index (χ4v) is 6.45. The molecule has 2 atom stereocenters. The molecule has 0 saturated carbocycles. The predicted octanol–water partition coefficient (Wildman–Crippen LogP) is 5.67. The molecular weight excluding hydrogens is 550 g/mol. The van der Waals surface area contributed by atoms with E-state index in [9.17, 15) is 22.0 Å². The molecule has 3 aromatic carbocycles. The van der Waals surface area contributed by atoms with E-state index in [4.69, 9.17) is 21.1 Å². The zero-order valence-electron chi connectivity index (χ0n) is 21.7. The Kier molecular flexibility index (Phi) is 8.17. The van der Waals surface area contributed by atoms with Gasteiger partial charge in [0.1, 0.15) is 17.7 Å². The van der Waals surface area contributed by atoms with Crippen LogP contribution in [0, 0.1) is 11.6 Å². The molecule has 0 radical (unpaired) electrons. The number of sulfonamides is 1. The lowest BCUT2D eigenvalue weighted by atomic mass is 10.0. The Bertz CT molecular complexity index is 1540. The number of rotatable bonds is 7. The van der Waals surface area contributed by atoms with Crippen molar-refractivity contribution in [2.24, 2.45) is 0 Å². The van der Waals surface area contributed by atoms with E-state index in [1.807, 2.05) is 0 Å². The molecule has 0 fully saturated rings. The monoisotopic (exact) mass is 576 g/mol. The van der Waals surface area contributed by atoms with E-state index in [0.29, 0.717) is 11.1 Å². The Balaban J connectivity index is 1.84. The van der Waals surface area contributed by atoms with Crippen LogP contribution in [-0.2, 0) is 14.8 Å². The summed E-state index contributed by atoms with van der Waals surface area (Å²) in [6.07, 6.45) is 0.962. The van der Waals surface area contributed by atoms with E-state index in [1.54, 1.807) is 44.2 Å². The number of carbonyl (C=O) groups excluding carboxylic acids is 1. The van der Waals surface area contributed by atoms with Crippen LogP contribution in [0.4, 0.5) is 14.5 Å². The van der Waals surface area contributed by atoms with Gasteiger partial charge in [-0.3, -0.25) is 9.10 Å². The van der Waals surface area contributed by atoms with Gasteiger partial charge in [0, 0.05) is 18.6 Å². The lowest BCUT2D eigenvalue weighted by Gasteiger charge is -2.41. The van der Waals surface area contributed by atoms with E-state index in [2.05, 4.69) is 5.32 Å². The lowest BCUT2D eigenvalue weighted by molar-refractivity contribution is -0.119. The second kappa shape index (κ2) is 11.2. The number of benzene rings is 3. The van der Waals surface area contributed by atoms with Gasteiger partial charge in [0.15, 0.2) is 11.6 Å². The molecule has 0 spiro atoms. The molecule has 3 aromatic rings. The topological polar surface area (TPSA) is 84.9 Å². The number of ether oxygens (including phenoxy) is 2. The van der Waals surface area contributed by atoms with Gasteiger partial charge in [0.05, 0.1) is 35.3 Å². The van der Waals surface area contributed by atoms with Crippen LogP contribution in [0.3, 0.4) is 0 Å². The number of anilines is 1. The minimum absolute atomic E-state index is 0.0568. The summed E-state index contributed by atoms with van der Waals surface area (Å²) in [4.78, 5) is 11.4. The molecule has 1 aliphatic rings. The van der Waals surface area contributed by atoms with E-state index >= 15 is 0 Å². The van der Waals surface area contributed by atoms with Crippen molar-refractivity contribution < 1.29 is 31.5 Å². The van der Waals surface area contributed by atoms with Crippen molar-refractivity contribution in [3.8, 4) is 11.5 Å². The van der Waals surface area contributed by atoms with Crippen molar-refractivity contribution in [2.75, 3.05) is 18.0 Å². The number of halogens is 3. The van der Waals surface area contributed by atoms with Crippen molar-refractivity contribution in [3.05, 3.63) is 82.4 Å². The quantitative estimate of drug-likeness (QED) is 0.367. The molecule has 0 aromatic heterocycles. The second-order valence-electron chi connectivity index (χ2n) is 9.08. The van der Waals surface area contributed by atoms with E-state index < -0.39 is 33.8 Å². The summed E-state index contributed by atoms with van der Waals surface area (Å²) in [5, 5.41) is 2.91. The Morgan fingerprint density at radius 2 is 1.87 bits per heavy atom. The Morgan fingerprint density at radius 1 is 1.13 bits per heavy atom. The van der Waals surface area contributed by atoms with Crippen LogP contribution in [0.1, 0.15) is 31.9 Å². The van der Waals surface area contributed by atoms with Crippen LogP contribution < -0.4 is 19.1 Å². The highest BCUT2D eigenvalue weighted by atomic mass is 35.5. The first kappa shape index (κ1) is 28.4. The number of methoxy groups -OCH3 is 1. The lowest BCUT2D eigenvalue weighted by Crippen LogP contribution is -2.54. The average molecular weight is 577 g/mol. The van der Waals surface area contributed by atoms with E-state index in [1.165, 1.54) is 30.5 Å². The van der Waals surface area contributed by atoms with Gasteiger partial charge in [0.25, 0.3) is 10.0 Å². The molecule has 0 unspecified atom stereocenters. The summed E-state index contributed by atoms with van der Waals surface area (Å²) in [6, 6.07) is 11.8. The summed E-state index contributed by atoms with van der Waals surface area (Å²) in [7, 11) is -3.02. The van der Waals surface area contributed by atoms with Crippen LogP contribution in [0.25, 0.3) is 11.6 Å². The molecule has 39 heavy (non-hydrogen) atoms. The minimum Gasteiger partial charge on any atom is -0.494 e. The Hall–Kier alpha value is -3.63. The molecule has 11 heteroatoms. The Labute approximate surface area is 231 Å². The summed E-state index contributed by atoms with van der Waals surface area (Å²) in [6.45, 7) is 4.76.